The summed E-state index contributed by atoms with van der Waals surface area (Å²) >= 11 is 5.86. The molecule has 1 heterocycles. The van der Waals surface area contributed by atoms with Crippen LogP contribution in [0.1, 0.15) is 28.4 Å². The number of aryl methyl sites for hydroxylation is 1. The van der Waals surface area contributed by atoms with E-state index in [1.807, 2.05) is 12.1 Å². The second-order valence-electron chi connectivity index (χ2n) is 5.54. The zero-order valence-corrected chi connectivity index (χ0v) is 14.0. The molecule has 0 aliphatic carbocycles. The molecule has 2 aromatic carbocycles. The topological polar surface area (TPSA) is 56.5 Å². The van der Waals surface area contributed by atoms with Crippen molar-refractivity contribution < 1.29 is 13.9 Å². The van der Waals surface area contributed by atoms with Crippen molar-refractivity contribution in [2.45, 2.75) is 20.5 Å². The molecule has 24 heavy (non-hydrogen) atoms. The van der Waals surface area contributed by atoms with E-state index in [4.69, 9.17) is 20.8 Å². The third-order valence-electron chi connectivity index (χ3n) is 3.74. The summed E-state index contributed by atoms with van der Waals surface area (Å²) in [4.78, 5) is 23.8. The Hall–Kier alpha value is -2.59. The fourth-order valence-corrected chi connectivity index (χ4v) is 2.69. The van der Waals surface area contributed by atoms with Gasteiger partial charge in [-0.1, -0.05) is 23.7 Å². The maximum atomic E-state index is 12.1. The molecule has 0 aliphatic rings. The van der Waals surface area contributed by atoms with Crippen molar-refractivity contribution in [1.29, 1.82) is 0 Å². The molecular weight excluding hydrogens is 328 g/mol. The number of hydrogen-bond acceptors (Lipinski definition) is 4. The van der Waals surface area contributed by atoms with E-state index >= 15 is 0 Å². The number of fused-ring (bicyclic) bond motifs is 1. The van der Waals surface area contributed by atoms with Gasteiger partial charge in [0.05, 0.1) is 0 Å². The Morgan fingerprint density at radius 1 is 1.17 bits per heavy atom. The quantitative estimate of drug-likeness (QED) is 0.516. The molecule has 0 saturated heterocycles. The zero-order valence-electron chi connectivity index (χ0n) is 13.3. The smallest absolute Gasteiger partial charge is 0.336 e. The molecule has 0 aliphatic heterocycles. The first-order valence-corrected chi connectivity index (χ1v) is 7.79. The molecule has 0 amide bonds. The monoisotopic (exact) mass is 342 g/mol. The minimum absolute atomic E-state index is 0.222. The Balaban J connectivity index is 2.04. The highest BCUT2D eigenvalue weighted by Gasteiger charge is 2.17. The first kappa shape index (κ1) is 16.3. The van der Waals surface area contributed by atoms with Crippen LogP contribution in [-0.4, -0.2) is 5.78 Å². The minimum Gasteiger partial charge on any atom is -0.488 e. The molecule has 1 aromatic heterocycles. The summed E-state index contributed by atoms with van der Waals surface area (Å²) in [5.74, 6) is 0.166. The van der Waals surface area contributed by atoms with Crippen LogP contribution in [0, 0.1) is 6.92 Å². The van der Waals surface area contributed by atoms with Crippen LogP contribution in [0.3, 0.4) is 0 Å². The van der Waals surface area contributed by atoms with Gasteiger partial charge in [0.1, 0.15) is 17.9 Å². The average Bonchev–Trinajstić information content (AvgIpc) is 2.53. The lowest BCUT2D eigenvalue weighted by molar-refractivity contribution is 0.101. The predicted octanol–water partition coefficient (Wildman–Crippen LogP) is 4.54. The van der Waals surface area contributed by atoms with Gasteiger partial charge in [-0.15, -0.1) is 0 Å². The summed E-state index contributed by atoms with van der Waals surface area (Å²) in [6.45, 7) is 3.50. The van der Waals surface area contributed by atoms with E-state index < -0.39 is 5.63 Å². The van der Waals surface area contributed by atoms with Gasteiger partial charge in [-0.25, -0.2) is 4.79 Å². The van der Waals surface area contributed by atoms with Crippen molar-refractivity contribution in [2.75, 3.05) is 0 Å². The van der Waals surface area contributed by atoms with E-state index in [9.17, 15) is 9.59 Å². The Morgan fingerprint density at radius 2 is 1.88 bits per heavy atom. The molecule has 0 bridgehead atoms. The van der Waals surface area contributed by atoms with Gasteiger partial charge in [0.25, 0.3) is 0 Å². The summed E-state index contributed by atoms with van der Waals surface area (Å²) in [6.07, 6.45) is 0. The van der Waals surface area contributed by atoms with E-state index in [0.29, 0.717) is 10.8 Å². The highest BCUT2D eigenvalue weighted by Crippen LogP contribution is 2.30. The number of hydrogen-bond donors (Lipinski definition) is 0. The largest absolute Gasteiger partial charge is 0.488 e. The summed E-state index contributed by atoms with van der Waals surface area (Å²) < 4.78 is 11.1. The lowest BCUT2D eigenvalue weighted by Crippen LogP contribution is -2.06. The molecule has 4 nitrogen and oxygen atoms in total. The fraction of sp³-hybridized carbons (Fsp3) is 0.158. The van der Waals surface area contributed by atoms with Gasteiger partial charge in [-0.05, 0) is 49.2 Å². The summed E-state index contributed by atoms with van der Waals surface area (Å²) in [6, 6.07) is 12.2. The lowest BCUT2D eigenvalue weighted by Gasteiger charge is -2.12. The van der Waals surface area contributed by atoms with Crippen molar-refractivity contribution in [2.24, 2.45) is 0 Å². The maximum Gasteiger partial charge on any atom is 0.336 e. The predicted molar refractivity (Wildman–Crippen MR) is 93.0 cm³/mol. The van der Waals surface area contributed by atoms with E-state index in [1.165, 1.54) is 13.0 Å². The lowest BCUT2D eigenvalue weighted by atomic mass is 10.0. The van der Waals surface area contributed by atoms with E-state index in [2.05, 4.69) is 0 Å². The molecule has 3 aromatic rings. The Labute approximate surface area is 143 Å². The van der Waals surface area contributed by atoms with E-state index in [-0.39, 0.29) is 23.5 Å². The number of halogens is 1. The number of benzene rings is 2. The Morgan fingerprint density at radius 3 is 2.54 bits per heavy atom. The van der Waals surface area contributed by atoms with Gasteiger partial charge in [-0.2, -0.15) is 0 Å². The van der Waals surface area contributed by atoms with Crippen molar-refractivity contribution in [1.82, 2.24) is 0 Å². The molecular formula is C19H15ClO4. The number of carbonyl (C=O) groups excluding carboxylic acids is 1. The van der Waals surface area contributed by atoms with Crippen LogP contribution in [0.5, 0.6) is 5.75 Å². The Bertz CT molecular complexity index is 971. The SMILES string of the molecule is CC(=O)c1c(OCc2ccc(Cl)cc2)ccc2c(C)cc(=O)oc12. The van der Waals surface area contributed by atoms with Crippen LogP contribution in [-0.2, 0) is 6.61 Å². The molecule has 0 fully saturated rings. The summed E-state index contributed by atoms with van der Waals surface area (Å²) in [7, 11) is 0. The fourth-order valence-electron chi connectivity index (χ4n) is 2.56. The summed E-state index contributed by atoms with van der Waals surface area (Å²) in [5.41, 5.74) is 1.73. The zero-order chi connectivity index (χ0) is 17.3. The molecule has 3 rings (SSSR count). The van der Waals surface area contributed by atoms with Gasteiger partial charge < -0.3 is 9.15 Å². The standard InChI is InChI=1S/C19H15ClO4/c1-11-9-17(22)24-19-15(11)7-8-16(18(19)12(2)21)23-10-13-3-5-14(20)6-4-13/h3-9H,10H2,1-2H3. The number of ketones is 1. The average molecular weight is 343 g/mol. The number of carbonyl (C=O) groups is 1. The van der Waals surface area contributed by atoms with Gasteiger partial charge in [0.2, 0.25) is 0 Å². The molecule has 0 spiro atoms. The highest BCUT2D eigenvalue weighted by atomic mass is 35.5. The van der Waals surface area contributed by atoms with Crippen LogP contribution < -0.4 is 10.4 Å². The van der Waals surface area contributed by atoms with Gasteiger partial charge in [0, 0.05) is 16.5 Å². The molecule has 122 valence electrons. The molecule has 0 N–H and O–H groups in total. The van der Waals surface area contributed by atoms with Crippen molar-refractivity contribution in [3.63, 3.8) is 0 Å². The second kappa shape index (κ2) is 6.49. The van der Waals surface area contributed by atoms with Crippen LogP contribution >= 0.6 is 11.6 Å². The maximum absolute atomic E-state index is 12.1. The number of rotatable bonds is 4. The number of Topliss-reactive ketones (excluding diaryl/α,β-unsaturated/α-hetero) is 1. The second-order valence-corrected chi connectivity index (χ2v) is 5.97. The van der Waals surface area contributed by atoms with Crippen molar-refractivity contribution >= 4 is 28.4 Å². The van der Waals surface area contributed by atoms with E-state index in [0.717, 1.165) is 16.5 Å². The molecule has 0 saturated carbocycles. The van der Waals surface area contributed by atoms with Crippen LogP contribution in [0.15, 0.2) is 51.7 Å². The van der Waals surface area contributed by atoms with E-state index in [1.54, 1.807) is 31.2 Å². The van der Waals surface area contributed by atoms with Crippen molar-refractivity contribution in [3.8, 4) is 5.75 Å². The Kier molecular flexibility index (Phi) is 4.40. The molecule has 0 unspecified atom stereocenters. The third-order valence-corrected chi connectivity index (χ3v) is 3.99. The van der Waals surface area contributed by atoms with Crippen LogP contribution in [0.25, 0.3) is 11.0 Å². The van der Waals surface area contributed by atoms with Crippen LogP contribution in [0.2, 0.25) is 5.02 Å². The van der Waals surface area contributed by atoms with Gasteiger partial charge in [-0.3, -0.25) is 4.79 Å². The molecule has 5 heteroatoms. The van der Waals surface area contributed by atoms with Crippen molar-refractivity contribution in [3.05, 3.63) is 74.6 Å². The summed E-state index contributed by atoms with van der Waals surface area (Å²) in [5, 5.41) is 1.37. The normalized spacial score (nSPS) is 10.8. The highest BCUT2D eigenvalue weighted by molar-refractivity contribution is 6.30. The molecule has 0 radical (unpaired) electrons. The molecule has 0 atom stereocenters. The van der Waals surface area contributed by atoms with Crippen LogP contribution in [0.4, 0.5) is 0 Å². The first-order chi connectivity index (χ1) is 11.5. The van der Waals surface area contributed by atoms with Gasteiger partial charge in [0.15, 0.2) is 11.4 Å². The third kappa shape index (κ3) is 3.19. The number of ether oxygens (including phenoxy) is 1. The van der Waals surface area contributed by atoms with Gasteiger partial charge >= 0.3 is 5.63 Å². The minimum atomic E-state index is -0.489. The first-order valence-electron chi connectivity index (χ1n) is 7.41.